The smallest absolute Gasteiger partial charge is 0.232 e. The van der Waals surface area contributed by atoms with Gasteiger partial charge in [-0.1, -0.05) is 28.1 Å². The SMILES string of the molecule is O=C(Nc1nc(-c2ccc(Br)cc2)cs1)C1CC1(Cl)Cl. The molecule has 1 saturated carbocycles. The molecule has 20 heavy (non-hydrogen) atoms. The van der Waals surface area contributed by atoms with Crippen molar-refractivity contribution in [2.24, 2.45) is 5.92 Å². The summed E-state index contributed by atoms with van der Waals surface area (Å²) in [5.41, 5.74) is 1.83. The Balaban J connectivity index is 1.71. The third-order valence-corrected chi connectivity index (χ3v) is 5.14. The van der Waals surface area contributed by atoms with E-state index in [1.54, 1.807) is 0 Å². The zero-order chi connectivity index (χ0) is 14.3. The highest BCUT2D eigenvalue weighted by atomic mass is 79.9. The topological polar surface area (TPSA) is 42.0 Å². The zero-order valence-electron chi connectivity index (χ0n) is 10.1. The lowest BCUT2D eigenvalue weighted by Gasteiger charge is -2.01. The average Bonchev–Trinajstić information content (AvgIpc) is 2.83. The first kappa shape index (κ1) is 14.3. The maximum Gasteiger partial charge on any atom is 0.232 e. The normalized spacial score (nSPS) is 19.6. The van der Waals surface area contributed by atoms with E-state index in [0.29, 0.717) is 11.6 Å². The number of benzene rings is 1. The van der Waals surface area contributed by atoms with Crippen LogP contribution >= 0.6 is 50.5 Å². The fraction of sp³-hybridized carbons (Fsp3) is 0.231. The highest BCUT2D eigenvalue weighted by Gasteiger charge is 2.56. The molecule has 0 saturated heterocycles. The molecule has 2 aromatic rings. The van der Waals surface area contributed by atoms with Crippen molar-refractivity contribution in [2.75, 3.05) is 5.32 Å². The first-order valence-electron chi connectivity index (χ1n) is 5.86. The summed E-state index contributed by atoms with van der Waals surface area (Å²) in [5.74, 6) is -0.516. The Kier molecular flexibility index (Phi) is 3.79. The predicted octanol–water partition coefficient (Wildman–Crippen LogP) is 4.70. The van der Waals surface area contributed by atoms with Crippen molar-refractivity contribution in [1.29, 1.82) is 0 Å². The molecule has 0 bridgehead atoms. The Bertz CT molecular complexity index is 657. The number of nitrogens with one attached hydrogen (secondary N) is 1. The van der Waals surface area contributed by atoms with E-state index in [0.717, 1.165) is 15.7 Å². The number of thiazole rings is 1. The van der Waals surface area contributed by atoms with Gasteiger partial charge in [0.15, 0.2) is 5.13 Å². The van der Waals surface area contributed by atoms with Gasteiger partial charge in [0.25, 0.3) is 0 Å². The highest BCUT2D eigenvalue weighted by Crippen LogP contribution is 2.53. The van der Waals surface area contributed by atoms with Crippen LogP contribution in [0.4, 0.5) is 5.13 Å². The standard InChI is InChI=1S/C13H9BrCl2N2OS/c14-8-3-1-7(2-4-8)10-6-20-12(17-10)18-11(19)9-5-13(9,15)16/h1-4,6,9H,5H2,(H,17,18,19). The van der Waals surface area contributed by atoms with Crippen molar-refractivity contribution in [2.45, 2.75) is 10.8 Å². The molecule has 0 radical (unpaired) electrons. The van der Waals surface area contributed by atoms with Crippen molar-refractivity contribution < 1.29 is 4.79 Å². The van der Waals surface area contributed by atoms with Gasteiger partial charge in [0.05, 0.1) is 11.6 Å². The van der Waals surface area contributed by atoms with Gasteiger partial charge in [0, 0.05) is 15.4 Å². The molecule has 3 rings (SSSR count). The second kappa shape index (κ2) is 5.30. The Hall–Kier alpha value is -0.620. The third kappa shape index (κ3) is 3.01. The molecule has 3 nitrogen and oxygen atoms in total. The number of carbonyl (C=O) groups excluding carboxylic acids is 1. The Morgan fingerprint density at radius 2 is 2.05 bits per heavy atom. The molecule has 104 valence electrons. The van der Waals surface area contributed by atoms with Gasteiger partial charge in [-0.2, -0.15) is 0 Å². The van der Waals surface area contributed by atoms with E-state index in [-0.39, 0.29) is 11.8 Å². The summed E-state index contributed by atoms with van der Waals surface area (Å²) in [7, 11) is 0. The van der Waals surface area contributed by atoms with E-state index in [1.165, 1.54) is 11.3 Å². The predicted molar refractivity (Wildman–Crippen MR) is 86.4 cm³/mol. The molecule has 1 atom stereocenters. The molecular formula is C13H9BrCl2N2OS. The minimum atomic E-state index is -0.907. The van der Waals surface area contributed by atoms with Crippen molar-refractivity contribution in [3.63, 3.8) is 0 Å². The fourth-order valence-electron chi connectivity index (χ4n) is 1.77. The van der Waals surface area contributed by atoms with Gasteiger partial charge >= 0.3 is 0 Å². The zero-order valence-corrected chi connectivity index (χ0v) is 14.0. The Labute approximate surface area is 138 Å². The van der Waals surface area contributed by atoms with Gasteiger partial charge in [-0.05, 0) is 18.6 Å². The van der Waals surface area contributed by atoms with Gasteiger partial charge in [-0.25, -0.2) is 4.98 Å². The first-order valence-corrected chi connectivity index (χ1v) is 8.29. The lowest BCUT2D eigenvalue weighted by atomic mass is 10.2. The van der Waals surface area contributed by atoms with Gasteiger partial charge in [0.2, 0.25) is 5.91 Å². The summed E-state index contributed by atoms with van der Waals surface area (Å²) in [6, 6.07) is 7.83. The largest absolute Gasteiger partial charge is 0.302 e. The van der Waals surface area contributed by atoms with Crippen LogP contribution in [0.15, 0.2) is 34.1 Å². The number of hydrogen-bond donors (Lipinski definition) is 1. The maximum atomic E-state index is 11.9. The van der Waals surface area contributed by atoms with Crippen LogP contribution in [0.5, 0.6) is 0 Å². The lowest BCUT2D eigenvalue weighted by Crippen LogP contribution is -2.16. The molecule has 1 aromatic carbocycles. The Morgan fingerprint density at radius 3 is 2.65 bits per heavy atom. The number of carbonyl (C=O) groups is 1. The average molecular weight is 392 g/mol. The van der Waals surface area contributed by atoms with Gasteiger partial charge < -0.3 is 5.32 Å². The summed E-state index contributed by atoms with van der Waals surface area (Å²) in [6.07, 6.45) is 0.493. The molecule has 1 heterocycles. The summed E-state index contributed by atoms with van der Waals surface area (Å²) in [4.78, 5) is 16.3. The molecule has 0 spiro atoms. The quantitative estimate of drug-likeness (QED) is 0.770. The number of halogens is 3. The van der Waals surface area contributed by atoms with E-state index in [1.807, 2.05) is 29.6 Å². The van der Waals surface area contributed by atoms with Crippen LogP contribution in [0.25, 0.3) is 11.3 Å². The van der Waals surface area contributed by atoms with Crippen molar-refractivity contribution in [3.05, 3.63) is 34.1 Å². The fourth-order valence-corrected chi connectivity index (χ4v) is 3.27. The second-order valence-corrected chi connectivity index (χ2v) is 7.87. The van der Waals surface area contributed by atoms with Gasteiger partial charge in [-0.3, -0.25) is 4.79 Å². The van der Waals surface area contributed by atoms with Gasteiger partial charge in [0.1, 0.15) is 4.33 Å². The second-order valence-electron chi connectivity index (χ2n) is 4.55. The summed E-state index contributed by atoms with van der Waals surface area (Å²) in [5, 5.41) is 5.21. The molecule has 1 amide bonds. The van der Waals surface area contributed by atoms with Crippen LogP contribution in [0, 0.1) is 5.92 Å². The minimum Gasteiger partial charge on any atom is -0.302 e. The van der Waals surface area contributed by atoms with Crippen LogP contribution in [-0.2, 0) is 4.79 Å². The molecule has 1 N–H and O–H groups in total. The molecule has 1 aromatic heterocycles. The lowest BCUT2D eigenvalue weighted by molar-refractivity contribution is -0.117. The van der Waals surface area contributed by atoms with Crippen LogP contribution < -0.4 is 5.32 Å². The first-order chi connectivity index (χ1) is 9.45. The van der Waals surface area contributed by atoms with Crippen molar-refractivity contribution >= 4 is 61.5 Å². The number of aromatic nitrogens is 1. The highest BCUT2D eigenvalue weighted by molar-refractivity contribution is 9.10. The maximum absolute atomic E-state index is 11.9. The summed E-state index contributed by atoms with van der Waals surface area (Å²) in [6.45, 7) is 0. The molecule has 7 heteroatoms. The monoisotopic (exact) mass is 390 g/mol. The van der Waals surface area contributed by atoms with Crippen molar-refractivity contribution in [1.82, 2.24) is 4.98 Å². The number of hydrogen-bond acceptors (Lipinski definition) is 3. The van der Waals surface area contributed by atoms with Crippen molar-refractivity contribution in [3.8, 4) is 11.3 Å². The number of rotatable bonds is 3. The molecule has 1 unspecified atom stereocenters. The van der Waals surface area contributed by atoms with Crippen LogP contribution in [0.1, 0.15) is 6.42 Å². The molecule has 0 aliphatic heterocycles. The number of alkyl halides is 2. The summed E-state index contributed by atoms with van der Waals surface area (Å²) >= 11 is 16.5. The molecule has 1 fully saturated rings. The number of nitrogens with zero attached hydrogens (tertiary/aromatic N) is 1. The van der Waals surface area contributed by atoms with E-state index < -0.39 is 4.33 Å². The summed E-state index contributed by atoms with van der Waals surface area (Å²) < 4.78 is 0.106. The van der Waals surface area contributed by atoms with Crippen LogP contribution in [-0.4, -0.2) is 15.2 Å². The van der Waals surface area contributed by atoms with Crippen LogP contribution in [0.3, 0.4) is 0 Å². The van der Waals surface area contributed by atoms with E-state index >= 15 is 0 Å². The number of amides is 1. The van der Waals surface area contributed by atoms with Crippen LogP contribution in [0.2, 0.25) is 0 Å². The van der Waals surface area contributed by atoms with Gasteiger partial charge in [-0.15, -0.1) is 34.5 Å². The van der Waals surface area contributed by atoms with E-state index in [4.69, 9.17) is 23.2 Å². The Morgan fingerprint density at radius 1 is 1.40 bits per heavy atom. The minimum absolute atomic E-state index is 0.174. The van der Waals surface area contributed by atoms with E-state index in [2.05, 4.69) is 26.2 Å². The number of anilines is 1. The third-order valence-electron chi connectivity index (χ3n) is 3.02. The molecular weight excluding hydrogens is 383 g/mol. The molecule has 1 aliphatic carbocycles. The molecule has 1 aliphatic rings. The van der Waals surface area contributed by atoms with E-state index in [9.17, 15) is 4.79 Å².